The van der Waals surface area contributed by atoms with Gasteiger partial charge in [-0.05, 0) is 31.0 Å². The van der Waals surface area contributed by atoms with Gasteiger partial charge in [-0.25, -0.2) is 4.68 Å². The predicted octanol–water partition coefficient (Wildman–Crippen LogP) is 3.16. The molecule has 1 heterocycles. The molecule has 0 amide bonds. The van der Waals surface area contributed by atoms with Crippen LogP contribution >= 0.6 is 0 Å². The van der Waals surface area contributed by atoms with E-state index < -0.39 is 11.4 Å². The van der Waals surface area contributed by atoms with Crippen LogP contribution in [0.4, 0.5) is 0 Å². The van der Waals surface area contributed by atoms with E-state index in [1.807, 2.05) is 56.4 Å². The maximum absolute atomic E-state index is 11.5. The van der Waals surface area contributed by atoms with Crippen molar-refractivity contribution in [2.24, 2.45) is 11.3 Å². The third-order valence-corrected chi connectivity index (χ3v) is 3.98. The van der Waals surface area contributed by atoms with Crippen LogP contribution in [0.2, 0.25) is 0 Å². The Morgan fingerprint density at radius 1 is 1.30 bits per heavy atom. The maximum atomic E-state index is 11.5. The fourth-order valence-electron chi connectivity index (χ4n) is 2.08. The topological polar surface area (TPSA) is 55.1 Å². The van der Waals surface area contributed by atoms with Gasteiger partial charge in [0.25, 0.3) is 0 Å². The third kappa shape index (κ3) is 2.74. The first-order valence-electron chi connectivity index (χ1n) is 6.77. The SMILES string of the molecule is CC(C)C(C)(Cc1ccn(-c2ccccc2)n1)C(=O)O. The maximum Gasteiger partial charge on any atom is 0.310 e. The molecular formula is C16H20N2O2. The summed E-state index contributed by atoms with van der Waals surface area (Å²) in [6, 6.07) is 11.7. The summed E-state index contributed by atoms with van der Waals surface area (Å²) < 4.78 is 1.78. The summed E-state index contributed by atoms with van der Waals surface area (Å²) in [7, 11) is 0. The molecule has 0 bridgehead atoms. The first-order valence-corrected chi connectivity index (χ1v) is 6.77. The van der Waals surface area contributed by atoms with Crippen molar-refractivity contribution >= 4 is 5.97 Å². The molecule has 2 aromatic rings. The number of carboxylic acid groups (broad SMARTS) is 1. The summed E-state index contributed by atoms with van der Waals surface area (Å²) in [5.74, 6) is -0.733. The van der Waals surface area contributed by atoms with E-state index in [0.717, 1.165) is 11.4 Å². The van der Waals surface area contributed by atoms with Crippen LogP contribution in [0.5, 0.6) is 0 Å². The van der Waals surface area contributed by atoms with Gasteiger partial charge in [-0.3, -0.25) is 4.79 Å². The Morgan fingerprint density at radius 3 is 2.50 bits per heavy atom. The summed E-state index contributed by atoms with van der Waals surface area (Å²) in [5.41, 5.74) is 0.975. The van der Waals surface area contributed by atoms with Crippen molar-refractivity contribution in [2.45, 2.75) is 27.2 Å². The minimum Gasteiger partial charge on any atom is -0.481 e. The van der Waals surface area contributed by atoms with E-state index in [0.29, 0.717) is 6.42 Å². The zero-order valence-electron chi connectivity index (χ0n) is 12.1. The molecule has 0 saturated carbocycles. The highest BCUT2D eigenvalue weighted by atomic mass is 16.4. The number of rotatable bonds is 5. The first kappa shape index (κ1) is 14.3. The lowest BCUT2D eigenvalue weighted by Crippen LogP contribution is -2.35. The molecule has 1 aromatic carbocycles. The Labute approximate surface area is 119 Å². The second kappa shape index (κ2) is 5.49. The molecular weight excluding hydrogens is 252 g/mol. The average Bonchev–Trinajstić information content (AvgIpc) is 2.87. The van der Waals surface area contributed by atoms with Crippen LogP contribution in [-0.4, -0.2) is 20.9 Å². The molecule has 4 nitrogen and oxygen atoms in total. The lowest BCUT2D eigenvalue weighted by molar-refractivity contribution is -0.150. The normalized spacial score (nSPS) is 14.2. The second-order valence-electron chi connectivity index (χ2n) is 5.64. The third-order valence-electron chi connectivity index (χ3n) is 3.98. The van der Waals surface area contributed by atoms with Crippen LogP contribution < -0.4 is 0 Å². The number of carbonyl (C=O) groups is 1. The van der Waals surface area contributed by atoms with Gasteiger partial charge in [0.15, 0.2) is 0 Å². The van der Waals surface area contributed by atoms with Crippen molar-refractivity contribution in [1.29, 1.82) is 0 Å². The Morgan fingerprint density at radius 2 is 1.95 bits per heavy atom. The van der Waals surface area contributed by atoms with Crippen LogP contribution in [0.15, 0.2) is 42.6 Å². The van der Waals surface area contributed by atoms with Crippen LogP contribution in [0.1, 0.15) is 26.5 Å². The molecule has 0 fully saturated rings. The minimum absolute atomic E-state index is 0.0434. The van der Waals surface area contributed by atoms with E-state index in [2.05, 4.69) is 5.10 Å². The highest BCUT2D eigenvalue weighted by Gasteiger charge is 2.37. The summed E-state index contributed by atoms with van der Waals surface area (Å²) >= 11 is 0. The van der Waals surface area contributed by atoms with Gasteiger partial charge in [-0.2, -0.15) is 5.10 Å². The van der Waals surface area contributed by atoms with Crippen molar-refractivity contribution in [2.75, 3.05) is 0 Å². The molecule has 4 heteroatoms. The number of aliphatic carboxylic acids is 1. The zero-order chi connectivity index (χ0) is 14.8. The number of aromatic nitrogens is 2. The van der Waals surface area contributed by atoms with Crippen molar-refractivity contribution in [1.82, 2.24) is 9.78 Å². The Balaban J connectivity index is 2.24. The van der Waals surface area contributed by atoms with Gasteiger partial charge >= 0.3 is 5.97 Å². The Hall–Kier alpha value is -2.10. The van der Waals surface area contributed by atoms with Crippen molar-refractivity contribution < 1.29 is 9.90 Å². The molecule has 0 aliphatic heterocycles. The number of para-hydroxylation sites is 1. The molecule has 1 aromatic heterocycles. The number of benzene rings is 1. The average molecular weight is 272 g/mol. The van der Waals surface area contributed by atoms with E-state index in [-0.39, 0.29) is 5.92 Å². The quantitative estimate of drug-likeness (QED) is 0.909. The number of hydrogen-bond donors (Lipinski definition) is 1. The van der Waals surface area contributed by atoms with Crippen molar-refractivity contribution in [3.63, 3.8) is 0 Å². The van der Waals surface area contributed by atoms with Crippen LogP contribution in [0.3, 0.4) is 0 Å². The lowest BCUT2D eigenvalue weighted by atomic mass is 9.75. The molecule has 106 valence electrons. The number of nitrogens with zero attached hydrogens (tertiary/aromatic N) is 2. The molecule has 1 atom stereocenters. The lowest BCUT2D eigenvalue weighted by Gasteiger charge is -2.28. The standard InChI is InChI=1S/C16H20N2O2/c1-12(2)16(3,15(19)20)11-13-9-10-18(17-13)14-7-5-4-6-8-14/h4-10,12H,11H2,1-3H3,(H,19,20). The molecule has 0 aliphatic rings. The molecule has 1 unspecified atom stereocenters. The Kier molecular flexibility index (Phi) is 3.93. The molecule has 0 spiro atoms. The first-order chi connectivity index (χ1) is 9.43. The van der Waals surface area contributed by atoms with Gasteiger partial charge < -0.3 is 5.11 Å². The summed E-state index contributed by atoms with van der Waals surface area (Å²) in [5, 5.41) is 13.9. The number of hydrogen-bond acceptors (Lipinski definition) is 2. The fraction of sp³-hybridized carbons (Fsp3) is 0.375. The van der Waals surface area contributed by atoms with Gasteiger partial charge in [0.05, 0.1) is 16.8 Å². The molecule has 2 rings (SSSR count). The van der Waals surface area contributed by atoms with Crippen LogP contribution in [0.25, 0.3) is 5.69 Å². The molecule has 0 saturated heterocycles. The largest absolute Gasteiger partial charge is 0.481 e. The molecule has 20 heavy (non-hydrogen) atoms. The van der Waals surface area contributed by atoms with E-state index in [1.165, 1.54) is 0 Å². The monoisotopic (exact) mass is 272 g/mol. The van der Waals surface area contributed by atoms with Crippen LogP contribution in [0, 0.1) is 11.3 Å². The van der Waals surface area contributed by atoms with E-state index in [9.17, 15) is 9.90 Å². The summed E-state index contributed by atoms with van der Waals surface area (Å²) in [6.07, 6.45) is 2.30. The van der Waals surface area contributed by atoms with Crippen LogP contribution in [-0.2, 0) is 11.2 Å². The van der Waals surface area contributed by atoms with E-state index in [4.69, 9.17) is 0 Å². The van der Waals surface area contributed by atoms with E-state index >= 15 is 0 Å². The number of carboxylic acids is 1. The Bertz CT molecular complexity index is 590. The predicted molar refractivity (Wildman–Crippen MR) is 77.8 cm³/mol. The summed E-state index contributed by atoms with van der Waals surface area (Å²) in [4.78, 5) is 11.5. The van der Waals surface area contributed by atoms with Gasteiger partial charge in [-0.1, -0.05) is 32.0 Å². The highest BCUT2D eigenvalue weighted by Crippen LogP contribution is 2.31. The van der Waals surface area contributed by atoms with Crippen molar-refractivity contribution in [3.05, 3.63) is 48.3 Å². The zero-order valence-corrected chi connectivity index (χ0v) is 12.1. The highest BCUT2D eigenvalue weighted by molar-refractivity contribution is 5.74. The van der Waals surface area contributed by atoms with Gasteiger partial charge in [-0.15, -0.1) is 0 Å². The fourth-order valence-corrected chi connectivity index (χ4v) is 2.08. The molecule has 0 aliphatic carbocycles. The molecule has 0 radical (unpaired) electrons. The van der Waals surface area contributed by atoms with E-state index in [1.54, 1.807) is 11.6 Å². The second-order valence-corrected chi connectivity index (χ2v) is 5.64. The van der Waals surface area contributed by atoms with Gasteiger partial charge in [0.1, 0.15) is 0 Å². The molecule has 1 N–H and O–H groups in total. The van der Waals surface area contributed by atoms with Gasteiger partial charge in [0.2, 0.25) is 0 Å². The minimum atomic E-state index is -0.796. The summed E-state index contributed by atoms with van der Waals surface area (Å²) in [6.45, 7) is 5.64. The van der Waals surface area contributed by atoms with Crippen molar-refractivity contribution in [3.8, 4) is 5.69 Å². The smallest absolute Gasteiger partial charge is 0.310 e. The van der Waals surface area contributed by atoms with Gasteiger partial charge in [0, 0.05) is 12.6 Å².